The Morgan fingerprint density at radius 2 is 1.78 bits per heavy atom. The van der Waals surface area contributed by atoms with Crippen LogP contribution in [0.15, 0.2) is 42.5 Å². The van der Waals surface area contributed by atoms with Crippen LogP contribution < -0.4 is 5.32 Å². The fourth-order valence-electron chi connectivity index (χ4n) is 2.57. The van der Waals surface area contributed by atoms with Crippen molar-refractivity contribution in [2.24, 2.45) is 0 Å². The smallest absolute Gasteiger partial charge is 0.416 e. The molecule has 5 nitrogen and oxygen atoms in total. The molecule has 0 radical (unpaired) electrons. The number of methoxy groups -OCH3 is 1. The van der Waals surface area contributed by atoms with Gasteiger partial charge in [0.05, 0.1) is 12.7 Å². The zero-order valence-corrected chi connectivity index (χ0v) is 14.5. The minimum absolute atomic E-state index is 0.0385. The van der Waals surface area contributed by atoms with Gasteiger partial charge in [0, 0.05) is 21.5 Å². The summed E-state index contributed by atoms with van der Waals surface area (Å²) in [6.07, 6.45) is -4.54. The quantitative estimate of drug-likeness (QED) is 0.620. The highest BCUT2D eigenvalue weighted by molar-refractivity contribution is 6.30. The van der Waals surface area contributed by atoms with Gasteiger partial charge in [-0.15, -0.1) is 0 Å². The van der Waals surface area contributed by atoms with E-state index >= 15 is 0 Å². The van der Waals surface area contributed by atoms with Gasteiger partial charge in [-0.1, -0.05) is 17.7 Å². The van der Waals surface area contributed by atoms with E-state index in [1.54, 1.807) is 0 Å². The summed E-state index contributed by atoms with van der Waals surface area (Å²) in [6.45, 7) is 0. The van der Waals surface area contributed by atoms with Crippen molar-refractivity contribution in [1.82, 2.24) is 4.98 Å². The van der Waals surface area contributed by atoms with Gasteiger partial charge in [0.15, 0.2) is 0 Å². The standard InChI is InChI=1S/C18H12ClF3N2O3/c1-27-17(26)14-12-7-4-10(18(20,21)22)8-13(12)23-15(14)24-16(25)9-2-5-11(19)6-3-9/h2-8,23H,1H3,(H,24,25). The Labute approximate surface area is 156 Å². The molecule has 0 fully saturated rings. The van der Waals surface area contributed by atoms with Crippen LogP contribution in [0.2, 0.25) is 5.02 Å². The van der Waals surface area contributed by atoms with E-state index in [4.69, 9.17) is 16.3 Å². The lowest BCUT2D eigenvalue weighted by atomic mass is 10.1. The molecule has 1 aromatic heterocycles. The molecule has 3 rings (SSSR count). The second kappa shape index (κ2) is 6.96. The lowest BCUT2D eigenvalue weighted by molar-refractivity contribution is -0.137. The molecule has 1 heterocycles. The fraction of sp³-hybridized carbons (Fsp3) is 0.111. The van der Waals surface area contributed by atoms with E-state index in [0.717, 1.165) is 25.3 Å². The number of halogens is 4. The summed E-state index contributed by atoms with van der Waals surface area (Å²) in [6, 6.07) is 8.84. The second-order valence-electron chi connectivity index (χ2n) is 5.59. The number of ether oxygens (including phenoxy) is 1. The number of aromatic nitrogens is 1. The summed E-state index contributed by atoms with van der Waals surface area (Å²) in [5.41, 5.74) is -0.659. The van der Waals surface area contributed by atoms with Crippen LogP contribution in [-0.4, -0.2) is 24.0 Å². The molecule has 0 unspecified atom stereocenters. The van der Waals surface area contributed by atoms with Crippen molar-refractivity contribution >= 4 is 40.2 Å². The lowest BCUT2D eigenvalue weighted by Gasteiger charge is -2.06. The van der Waals surface area contributed by atoms with Gasteiger partial charge in [-0.2, -0.15) is 13.2 Å². The lowest BCUT2D eigenvalue weighted by Crippen LogP contribution is -2.15. The number of rotatable bonds is 3. The Hall–Kier alpha value is -3.00. The number of anilines is 1. The fourth-order valence-corrected chi connectivity index (χ4v) is 2.69. The number of esters is 1. The van der Waals surface area contributed by atoms with Crippen molar-refractivity contribution in [2.75, 3.05) is 12.4 Å². The van der Waals surface area contributed by atoms with Crippen LogP contribution in [-0.2, 0) is 10.9 Å². The van der Waals surface area contributed by atoms with Crippen LogP contribution in [0.3, 0.4) is 0 Å². The summed E-state index contributed by atoms with van der Waals surface area (Å²) in [5.74, 6) is -1.43. The Morgan fingerprint density at radius 1 is 1.11 bits per heavy atom. The first kappa shape index (κ1) is 18.8. The number of fused-ring (bicyclic) bond motifs is 1. The molecule has 0 saturated heterocycles. The Morgan fingerprint density at radius 3 is 2.37 bits per heavy atom. The summed E-state index contributed by atoms with van der Waals surface area (Å²) >= 11 is 5.78. The molecular weight excluding hydrogens is 385 g/mol. The maximum Gasteiger partial charge on any atom is 0.416 e. The second-order valence-corrected chi connectivity index (χ2v) is 6.02. The molecule has 2 aromatic carbocycles. The molecule has 0 aliphatic heterocycles. The number of hydrogen-bond acceptors (Lipinski definition) is 3. The van der Waals surface area contributed by atoms with E-state index in [1.807, 2.05) is 0 Å². The Bertz CT molecular complexity index is 1030. The predicted molar refractivity (Wildman–Crippen MR) is 94.0 cm³/mol. The Balaban J connectivity index is 2.06. The van der Waals surface area contributed by atoms with Crippen LogP contribution in [0.1, 0.15) is 26.3 Å². The van der Waals surface area contributed by atoms with E-state index in [-0.39, 0.29) is 27.8 Å². The van der Waals surface area contributed by atoms with Crippen molar-refractivity contribution in [3.8, 4) is 0 Å². The first-order valence-electron chi connectivity index (χ1n) is 7.59. The molecule has 2 N–H and O–H groups in total. The summed E-state index contributed by atoms with van der Waals surface area (Å²) < 4.78 is 43.5. The molecule has 0 aliphatic rings. The largest absolute Gasteiger partial charge is 0.465 e. The summed E-state index contributed by atoms with van der Waals surface area (Å²) in [4.78, 5) is 27.2. The van der Waals surface area contributed by atoms with Crippen molar-refractivity contribution in [2.45, 2.75) is 6.18 Å². The highest BCUT2D eigenvalue weighted by Gasteiger charge is 2.31. The first-order chi connectivity index (χ1) is 12.7. The zero-order valence-electron chi connectivity index (χ0n) is 13.8. The number of nitrogens with one attached hydrogen (secondary N) is 2. The van der Waals surface area contributed by atoms with Crippen molar-refractivity contribution < 1.29 is 27.5 Å². The van der Waals surface area contributed by atoms with E-state index in [1.165, 1.54) is 24.3 Å². The minimum Gasteiger partial charge on any atom is -0.465 e. The molecule has 0 aliphatic carbocycles. The van der Waals surface area contributed by atoms with Gasteiger partial charge in [0.1, 0.15) is 11.4 Å². The minimum atomic E-state index is -4.54. The van der Waals surface area contributed by atoms with E-state index in [9.17, 15) is 22.8 Å². The number of alkyl halides is 3. The highest BCUT2D eigenvalue weighted by atomic mass is 35.5. The van der Waals surface area contributed by atoms with Crippen molar-refractivity contribution in [3.05, 3.63) is 64.2 Å². The number of carbonyl (C=O) groups is 2. The van der Waals surface area contributed by atoms with Gasteiger partial charge in [-0.25, -0.2) is 4.79 Å². The third-order valence-corrected chi connectivity index (χ3v) is 4.11. The molecule has 140 valence electrons. The van der Waals surface area contributed by atoms with Crippen LogP contribution in [0.4, 0.5) is 19.0 Å². The van der Waals surface area contributed by atoms with Crippen LogP contribution >= 0.6 is 11.6 Å². The molecule has 0 spiro atoms. The summed E-state index contributed by atoms with van der Waals surface area (Å²) in [5, 5.41) is 3.12. The number of hydrogen-bond donors (Lipinski definition) is 2. The summed E-state index contributed by atoms with van der Waals surface area (Å²) in [7, 11) is 1.13. The van der Waals surface area contributed by atoms with Crippen LogP contribution in [0, 0.1) is 0 Å². The predicted octanol–water partition coefficient (Wildman–Crippen LogP) is 4.88. The molecule has 0 bridgehead atoms. The third-order valence-electron chi connectivity index (χ3n) is 3.86. The van der Waals surface area contributed by atoms with Gasteiger partial charge >= 0.3 is 12.1 Å². The molecule has 1 amide bonds. The third kappa shape index (κ3) is 3.75. The van der Waals surface area contributed by atoms with Gasteiger partial charge in [-0.3, -0.25) is 4.79 Å². The number of carbonyl (C=O) groups excluding carboxylic acids is 2. The average molecular weight is 397 g/mol. The van der Waals surface area contributed by atoms with E-state index in [0.29, 0.717) is 5.02 Å². The Kier molecular flexibility index (Phi) is 4.84. The van der Waals surface area contributed by atoms with Gasteiger partial charge in [-0.05, 0) is 36.4 Å². The average Bonchev–Trinajstić information content (AvgIpc) is 2.97. The van der Waals surface area contributed by atoms with Crippen LogP contribution in [0.5, 0.6) is 0 Å². The number of amides is 1. The highest BCUT2D eigenvalue weighted by Crippen LogP contribution is 2.34. The number of aromatic amines is 1. The number of H-pyrrole nitrogens is 1. The first-order valence-corrected chi connectivity index (χ1v) is 7.96. The van der Waals surface area contributed by atoms with E-state index < -0.39 is 23.6 Å². The molecule has 3 aromatic rings. The number of benzene rings is 2. The van der Waals surface area contributed by atoms with Gasteiger partial charge in [0.2, 0.25) is 0 Å². The van der Waals surface area contributed by atoms with E-state index in [2.05, 4.69) is 10.3 Å². The monoisotopic (exact) mass is 396 g/mol. The SMILES string of the molecule is COC(=O)c1c(NC(=O)c2ccc(Cl)cc2)[nH]c2cc(C(F)(F)F)ccc12. The van der Waals surface area contributed by atoms with Crippen LogP contribution in [0.25, 0.3) is 10.9 Å². The maximum atomic E-state index is 12.9. The normalized spacial score (nSPS) is 11.4. The van der Waals surface area contributed by atoms with Gasteiger partial charge < -0.3 is 15.0 Å². The van der Waals surface area contributed by atoms with Crippen molar-refractivity contribution in [3.63, 3.8) is 0 Å². The topological polar surface area (TPSA) is 71.2 Å². The molecule has 0 atom stereocenters. The molecule has 27 heavy (non-hydrogen) atoms. The van der Waals surface area contributed by atoms with Gasteiger partial charge in [0.25, 0.3) is 5.91 Å². The zero-order chi connectivity index (χ0) is 19.8. The maximum absolute atomic E-state index is 12.9. The molecule has 9 heteroatoms. The molecule has 0 saturated carbocycles. The molecular formula is C18H12ClF3N2O3. The van der Waals surface area contributed by atoms with Crippen molar-refractivity contribution in [1.29, 1.82) is 0 Å².